The van der Waals surface area contributed by atoms with Gasteiger partial charge in [-0.05, 0) is 77.0 Å². The van der Waals surface area contributed by atoms with Gasteiger partial charge in [0.1, 0.15) is 0 Å². The average molecular weight is 1200 g/mol. The Morgan fingerprint density at radius 3 is 0.835 bits per heavy atom. The van der Waals surface area contributed by atoms with Gasteiger partial charge in [-0.2, -0.15) is 0 Å². The summed E-state index contributed by atoms with van der Waals surface area (Å²) in [4.78, 5) is 24.6. The molecule has 6 heteroatoms. The Balaban J connectivity index is 3.29. The van der Waals surface area contributed by atoms with Crippen LogP contribution in [0.4, 0.5) is 0 Å². The molecule has 1 amide bonds. The van der Waals surface area contributed by atoms with Gasteiger partial charge in [0, 0.05) is 12.8 Å². The summed E-state index contributed by atoms with van der Waals surface area (Å²) in [6.45, 7) is 4.98. The van der Waals surface area contributed by atoms with Gasteiger partial charge < -0.3 is 20.3 Å². The molecule has 0 bridgehead atoms. The number of ether oxygens (including phenoxy) is 1. The number of carbonyl (C=O) groups is 2. The Morgan fingerprint density at radius 2 is 0.553 bits per heavy atom. The maximum Gasteiger partial charge on any atom is 0.305 e. The highest BCUT2D eigenvalue weighted by Crippen LogP contribution is 2.20. The first kappa shape index (κ1) is 83.3. The zero-order valence-electron chi connectivity index (χ0n) is 57.9. The molecule has 0 saturated heterocycles. The van der Waals surface area contributed by atoms with Gasteiger partial charge in [0.15, 0.2) is 0 Å². The van der Waals surface area contributed by atoms with E-state index in [1.54, 1.807) is 0 Å². The zero-order chi connectivity index (χ0) is 61.3. The van der Waals surface area contributed by atoms with Gasteiger partial charge >= 0.3 is 5.97 Å². The van der Waals surface area contributed by atoms with E-state index in [1.165, 1.54) is 372 Å². The summed E-state index contributed by atoms with van der Waals surface area (Å²) >= 11 is 0. The lowest BCUT2D eigenvalue weighted by molar-refractivity contribution is -0.143. The number of carbonyl (C=O) groups excluding carboxylic acids is 2. The molecule has 0 aromatic rings. The van der Waals surface area contributed by atoms with E-state index >= 15 is 0 Å². The van der Waals surface area contributed by atoms with Gasteiger partial charge in [-0.3, -0.25) is 9.59 Å². The van der Waals surface area contributed by atoms with Crippen molar-refractivity contribution in [3.63, 3.8) is 0 Å². The lowest BCUT2D eigenvalue weighted by Gasteiger charge is -2.22. The molecule has 504 valence electrons. The molecular weight excluding hydrogens is 1040 g/mol. The number of hydrogen-bond donors (Lipinski definition) is 3. The minimum atomic E-state index is -0.659. The van der Waals surface area contributed by atoms with Crippen LogP contribution in [0.15, 0.2) is 24.3 Å². The van der Waals surface area contributed by atoms with Gasteiger partial charge in [0.25, 0.3) is 0 Å². The van der Waals surface area contributed by atoms with Gasteiger partial charge in [-0.1, -0.05) is 378 Å². The van der Waals surface area contributed by atoms with Crippen LogP contribution in [0.5, 0.6) is 0 Å². The van der Waals surface area contributed by atoms with Gasteiger partial charge in [0.2, 0.25) is 5.91 Å². The summed E-state index contributed by atoms with van der Waals surface area (Å²) in [5, 5.41) is 23.2. The molecule has 2 unspecified atom stereocenters. The minimum absolute atomic E-state index is 0.0204. The van der Waals surface area contributed by atoms with Crippen molar-refractivity contribution >= 4 is 11.9 Å². The second-order valence-corrected chi connectivity index (χ2v) is 27.0. The fourth-order valence-corrected chi connectivity index (χ4v) is 12.5. The lowest BCUT2D eigenvalue weighted by Crippen LogP contribution is -2.45. The molecule has 0 aliphatic rings. The second-order valence-electron chi connectivity index (χ2n) is 27.0. The lowest BCUT2D eigenvalue weighted by atomic mass is 10.0. The number of rotatable bonds is 74. The van der Waals surface area contributed by atoms with Crippen molar-refractivity contribution in [3.05, 3.63) is 24.3 Å². The molecule has 0 fully saturated rings. The number of aliphatic hydroxyl groups excluding tert-OH is 2. The Bertz CT molecular complexity index is 1330. The molecule has 0 spiro atoms. The fourth-order valence-electron chi connectivity index (χ4n) is 12.5. The summed E-state index contributed by atoms with van der Waals surface area (Å²) in [7, 11) is 0. The molecule has 0 aliphatic carbocycles. The van der Waals surface area contributed by atoms with E-state index in [0.717, 1.165) is 38.5 Å². The third-order valence-electron chi connectivity index (χ3n) is 18.5. The van der Waals surface area contributed by atoms with Crippen LogP contribution in [0.1, 0.15) is 444 Å². The smallest absolute Gasteiger partial charge is 0.305 e. The molecule has 0 rings (SSSR count). The van der Waals surface area contributed by atoms with Crippen LogP contribution in [0.25, 0.3) is 0 Å². The number of aliphatic hydroxyl groups is 2. The fraction of sp³-hybridized carbons (Fsp3) is 0.924. The van der Waals surface area contributed by atoms with Gasteiger partial charge in [-0.25, -0.2) is 0 Å². The first-order chi connectivity index (χ1) is 42.0. The molecular formula is C79H153NO5. The van der Waals surface area contributed by atoms with E-state index in [2.05, 4.69) is 43.5 Å². The summed E-state index contributed by atoms with van der Waals surface area (Å²) < 4.78 is 5.51. The molecule has 0 heterocycles. The van der Waals surface area contributed by atoms with E-state index in [4.69, 9.17) is 4.74 Å². The summed E-state index contributed by atoms with van der Waals surface area (Å²) in [6.07, 6.45) is 95.7. The third-order valence-corrected chi connectivity index (χ3v) is 18.5. The Hall–Kier alpha value is -1.66. The number of unbranched alkanes of at least 4 members (excludes halogenated alkanes) is 59. The van der Waals surface area contributed by atoms with Crippen molar-refractivity contribution < 1.29 is 24.5 Å². The molecule has 0 aliphatic heterocycles. The highest BCUT2D eigenvalue weighted by Gasteiger charge is 2.20. The van der Waals surface area contributed by atoms with Crippen molar-refractivity contribution in [1.29, 1.82) is 0 Å². The first-order valence-electron chi connectivity index (χ1n) is 39.1. The van der Waals surface area contributed by atoms with Crippen LogP contribution in [-0.2, 0) is 14.3 Å². The van der Waals surface area contributed by atoms with Crippen LogP contribution < -0.4 is 5.32 Å². The Morgan fingerprint density at radius 1 is 0.318 bits per heavy atom. The quantitative estimate of drug-likeness (QED) is 0.0320. The molecule has 0 aromatic heterocycles. The topological polar surface area (TPSA) is 95.9 Å². The van der Waals surface area contributed by atoms with Crippen LogP contribution >= 0.6 is 0 Å². The van der Waals surface area contributed by atoms with Crippen molar-refractivity contribution in [1.82, 2.24) is 5.32 Å². The highest BCUT2D eigenvalue weighted by molar-refractivity contribution is 5.76. The van der Waals surface area contributed by atoms with E-state index in [1.807, 2.05) is 0 Å². The molecule has 0 aromatic carbocycles. The van der Waals surface area contributed by atoms with Crippen molar-refractivity contribution in [2.45, 2.75) is 456 Å². The summed E-state index contributed by atoms with van der Waals surface area (Å²) in [5.41, 5.74) is 0. The Kier molecular flexibility index (Phi) is 73.3. The average Bonchev–Trinajstić information content (AvgIpc) is 3.51. The molecule has 0 saturated carbocycles. The number of amides is 1. The number of hydrogen-bond acceptors (Lipinski definition) is 5. The predicted molar refractivity (Wildman–Crippen MR) is 375 cm³/mol. The van der Waals surface area contributed by atoms with Gasteiger partial charge in [-0.15, -0.1) is 0 Å². The van der Waals surface area contributed by atoms with Crippen LogP contribution in [0, 0.1) is 0 Å². The highest BCUT2D eigenvalue weighted by atomic mass is 16.5. The molecule has 6 nitrogen and oxygen atoms in total. The van der Waals surface area contributed by atoms with Crippen molar-refractivity contribution in [2.24, 2.45) is 0 Å². The number of nitrogens with one attached hydrogen (secondary N) is 1. The maximum absolute atomic E-state index is 12.5. The van der Waals surface area contributed by atoms with Crippen LogP contribution in [-0.4, -0.2) is 47.4 Å². The SMILES string of the molecule is CCCCCCCCC/C=C\CCCCCCCCCC(=O)OCCCCCCCCCCCCCCCCCCCC/C=C\CCCCCCCCCCCCCCCCCCCC(=O)NC(CO)C(O)CCCCCCCCCCCCC. The van der Waals surface area contributed by atoms with E-state index < -0.39 is 12.1 Å². The molecule has 3 N–H and O–H groups in total. The molecule has 0 radical (unpaired) electrons. The summed E-state index contributed by atoms with van der Waals surface area (Å²) in [5.74, 6) is -0.00890. The van der Waals surface area contributed by atoms with Crippen molar-refractivity contribution in [2.75, 3.05) is 13.2 Å². The van der Waals surface area contributed by atoms with E-state index in [9.17, 15) is 19.8 Å². The third kappa shape index (κ3) is 71.3. The second kappa shape index (κ2) is 74.8. The van der Waals surface area contributed by atoms with Gasteiger partial charge in [0.05, 0.1) is 25.4 Å². The van der Waals surface area contributed by atoms with E-state index in [0.29, 0.717) is 25.9 Å². The maximum atomic E-state index is 12.5. The van der Waals surface area contributed by atoms with Crippen LogP contribution in [0.2, 0.25) is 0 Å². The van der Waals surface area contributed by atoms with Crippen molar-refractivity contribution in [3.8, 4) is 0 Å². The number of allylic oxidation sites excluding steroid dienone is 4. The monoisotopic (exact) mass is 1200 g/mol. The molecule has 85 heavy (non-hydrogen) atoms. The Labute approximate surface area is 532 Å². The summed E-state index contributed by atoms with van der Waals surface area (Å²) in [6, 6.07) is -0.536. The number of esters is 1. The zero-order valence-corrected chi connectivity index (χ0v) is 57.9. The molecule has 2 atom stereocenters. The standard InChI is InChI=1S/C79H153NO5/c1-3-5-7-9-11-13-15-16-17-18-43-46-49-53-57-61-65-69-73-79(84)85-74-70-66-62-58-54-50-47-44-41-39-37-35-33-31-29-27-25-23-21-19-20-22-24-26-28-30-32-34-36-38-40-42-45-48-52-56-60-64-68-72-78(83)80-76(75-81)77(82)71-67-63-59-55-51-14-12-10-8-6-4-2/h17-20,76-77,81-82H,3-16,21-75H2,1-2H3,(H,80,83)/b18-17-,20-19-. The first-order valence-corrected chi connectivity index (χ1v) is 39.1. The van der Waals surface area contributed by atoms with E-state index in [-0.39, 0.29) is 18.5 Å². The largest absolute Gasteiger partial charge is 0.466 e. The van der Waals surface area contributed by atoms with Crippen LogP contribution in [0.3, 0.4) is 0 Å². The minimum Gasteiger partial charge on any atom is -0.466 e. The normalized spacial score (nSPS) is 12.6. The predicted octanol–water partition coefficient (Wildman–Crippen LogP) is 25.7.